The summed E-state index contributed by atoms with van der Waals surface area (Å²) in [7, 11) is 0. The first-order valence-electron chi connectivity index (χ1n) is 7.40. The number of hydrogen-bond acceptors (Lipinski definition) is 2. The van der Waals surface area contributed by atoms with Gasteiger partial charge in [0.15, 0.2) is 0 Å². The van der Waals surface area contributed by atoms with E-state index < -0.39 is 0 Å². The third-order valence-corrected chi connectivity index (χ3v) is 3.32. The van der Waals surface area contributed by atoms with Crippen LogP contribution in [0.1, 0.15) is 40.0 Å². The second kappa shape index (κ2) is 8.57. The second-order valence-electron chi connectivity index (χ2n) is 5.86. The lowest BCUT2D eigenvalue weighted by Crippen LogP contribution is -2.01. The van der Waals surface area contributed by atoms with Crippen molar-refractivity contribution in [3.8, 4) is 0 Å². The molecule has 0 saturated heterocycles. The number of ether oxygens (including phenoxy) is 1. The SMILES string of the molecule is C=C(C=N)OCC1=CC(C)/C=C(/CCC(C)C)CC=C1. The van der Waals surface area contributed by atoms with E-state index in [0.29, 0.717) is 18.3 Å². The summed E-state index contributed by atoms with van der Waals surface area (Å²) in [4.78, 5) is 0. The quantitative estimate of drug-likeness (QED) is 0.393. The second-order valence-corrected chi connectivity index (χ2v) is 5.86. The van der Waals surface area contributed by atoms with Crippen molar-refractivity contribution in [2.45, 2.75) is 40.0 Å². The van der Waals surface area contributed by atoms with Crippen LogP contribution in [0.15, 0.2) is 47.8 Å². The van der Waals surface area contributed by atoms with Gasteiger partial charge < -0.3 is 10.1 Å². The molecule has 2 heteroatoms. The van der Waals surface area contributed by atoms with Gasteiger partial charge in [0.1, 0.15) is 12.4 Å². The van der Waals surface area contributed by atoms with Gasteiger partial charge in [-0.05, 0) is 36.7 Å². The van der Waals surface area contributed by atoms with Crippen LogP contribution in [-0.2, 0) is 4.74 Å². The van der Waals surface area contributed by atoms with E-state index in [-0.39, 0.29) is 0 Å². The minimum atomic E-state index is 0.405. The molecule has 0 radical (unpaired) electrons. The first-order chi connectivity index (χ1) is 9.51. The van der Waals surface area contributed by atoms with Gasteiger partial charge in [-0.2, -0.15) is 0 Å². The smallest absolute Gasteiger partial charge is 0.130 e. The Labute approximate surface area is 123 Å². The average molecular weight is 273 g/mol. The van der Waals surface area contributed by atoms with E-state index in [4.69, 9.17) is 10.1 Å². The van der Waals surface area contributed by atoms with Crippen LogP contribution in [0.25, 0.3) is 0 Å². The van der Waals surface area contributed by atoms with Gasteiger partial charge >= 0.3 is 0 Å². The molecule has 20 heavy (non-hydrogen) atoms. The molecule has 1 aliphatic rings. The predicted molar refractivity (Wildman–Crippen MR) is 87.0 cm³/mol. The van der Waals surface area contributed by atoms with Crippen molar-refractivity contribution < 1.29 is 4.74 Å². The Morgan fingerprint density at radius 3 is 2.90 bits per heavy atom. The zero-order valence-corrected chi connectivity index (χ0v) is 13.0. The highest BCUT2D eigenvalue weighted by Gasteiger charge is 2.06. The highest BCUT2D eigenvalue weighted by atomic mass is 16.5. The number of rotatable bonds is 7. The third-order valence-electron chi connectivity index (χ3n) is 3.32. The van der Waals surface area contributed by atoms with Gasteiger partial charge in [-0.25, -0.2) is 0 Å². The standard InChI is InChI=1S/C18H27NO/c1-14(2)8-9-17-6-5-7-18(11-15(3)10-17)13-20-16(4)12-19/h5,7,10-12,14-15,19H,4,6,8-9,13H2,1-3H3/b7-5?,17-10+,18-11?,19-12?. The minimum Gasteiger partial charge on any atom is -0.488 e. The topological polar surface area (TPSA) is 33.1 Å². The summed E-state index contributed by atoms with van der Waals surface area (Å²) in [6.45, 7) is 10.9. The Morgan fingerprint density at radius 1 is 1.50 bits per heavy atom. The maximum atomic E-state index is 7.05. The predicted octanol–water partition coefficient (Wildman–Crippen LogP) is 5.05. The molecule has 1 aliphatic carbocycles. The maximum Gasteiger partial charge on any atom is 0.130 e. The van der Waals surface area contributed by atoms with Crippen molar-refractivity contribution in [1.29, 1.82) is 5.41 Å². The summed E-state index contributed by atoms with van der Waals surface area (Å²) in [6, 6.07) is 0. The monoisotopic (exact) mass is 273 g/mol. The summed E-state index contributed by atoms with van der Waals surface area (Å²) < 4.78 is 5.40. The van der Waals surface area contributed by atoms with Crippen molar-refractivity contribution in [2.24, 2.45) is 11.8 Å². The van der Waals surface area contributed by atoms with E-state index in [1.807, 2.05) is 0 Å². The van der Waals surface area contributed by atoms with Gasteiger partial charge in [0.2, 0.25) is 0 Å². The van der Waals surface area contributed by atoms with Gasteiger partial charge in [-0.1, -0.05) is 57.2 Å². The van der Waals surface area contributed by atoms with Crippen LogP contribution in [0.4, 0.5) is 0 Å². The fourth-order valence-electron chi connectivity index (χ4n) is 2.22. The van der Waals surface area contributed by atoms with Gasteiger partial charge in [0.05, 0.1) is 6.21 Å². The Balaban J connectivity index is 2.62. The lowest BCUT2D eigenvalue weighted by molar-refractivity contribution is 0.265. The zero-order valence-electron chi connectivity index (χ0n) is 13.0. The molecular formula is C18H27NO. The molecule has 110 valence electrons. The summed E-state index contributed by atoms with van der Waals surface area (Å²) in [6.07, 6.45) is 13.6. The third kappa shape index (κ3) is 6.55. The molecule has 1 unspecified atom stereocenters. The van der Waals surface area contributed by atoms with Crippen LogP contribution < -0.4 is 0 Å². The van der Waals surface area contributed by atoms with Crippen LogP contribution in [0.2, 0.25) is 0 Å². The van der Waals surface area contributed by atoms with E-state index in [0.717, 1.165) is 24.1 Å². The van der Waals surface area contributed by atoms with E-state index in [1.54, 1.807) is 0 Å². The van der Waals surface area contributed by atoms with Gasteiger partial charge in [-0.15, -0.1) is 0 Å². The Hall–Kier alpha value is -1.57. The largest absolute Gasteiger partial charge is 0.488 e. The average Bonchev–Trinajstić information content (AvgIpc) is 2.38. The molecule has 0 aromatic carbocycles. The van der Waals surface area contributed by atoms with E-state index in [2.05, 4.69) is 51.7 Å². The molecule has 0 bridgehead atoms. The van der Waals surface area contributed by atoms with Crippen LogP contribution in [-0.4, -0.2) is 12.8 Å². The molecule has 1 rings (SSSR count). The molecule has 0 aromatic rings. The molecule has 1 N–H and O–H groups in total. The van der Waals surface area contributed by atoms with E-state index >= 15 is 0 Å². The summed E-state index contributed by atoms with van der Waals surface area (Å²) in [5.41, 5.74) is 2.68. The fourth-order valence-corrected chi connectivity index (χ4v) is 2.22. The molecule has 0 heterocycles. The lowest BCUT2D eigenvalue weighted by atomic mass is 9.94. The van der Waals surface area contributed by atoms with Gasteiger partial charge in [0.25, 0.3) is 0 Å². The highest BCUT2D eigenvalue weighted by Crippen LogP contribution is 2.21. The van der Waals surface area contributed by atoms with Crippen LogP contribution in [0.5, 0.6) is 0 Å². The molecule has 0 aromatic heterocycles. The number of allylic oxidation sites excluding steroid dienone is 5. The molecular weight excluding hydrogens is 246 g/mol. The Morgan fingerprint density at radius 2 is 2.25 bits per heavy atom. The number of nitrogens with one attached hydrogen (secondary N) is 1. The first-order valence-corrected chi connectivity index (χ1v) is 7.40. The molecule has 0 saturated carbocycles. The maximum absolute atomic E-state index is 7.05. The number of hydrogen-bond donors (Lipinski definition) is 1. The van der Waals surface area contributed by atoms with Crippen LogP contribution >= 0.6 is 0 Å². The normalized spacial score (nSPS) is 21.5. The summed E-state index contributed by atoms with van der Waals surface area (Å²) in [5.74, 6) is 1.59. The van der Waals surface area contributed by atoms with Gasteiger partial charge in [-0.3, -0.25) is 0 Å². The molecule has 1 atom stereocenters. The summed E-state index contributed by atoms with van der Waals surface area (Å²) in [5, 5.41) is 7.05. The van der Waals surface area contributed by atoms with Crippen LogP contribution in [0.3, 0.4) is 0 Å². The molecule has 0 aliphatic heterocycles. The molecule has 0 spiro atoms. The van der Waals surface area contributed by atoms with Crippen molar-refractivity contribution >= 4 is 6.21 Å². The molecule has 0 fully saturated rings. The van der Waals surface area contributed by atoms with Gasteiger partial charge in [0, 0.05) is 0 Å². The van der Waals surface area contributed by atoms with Crippen LogP contribution in [0, 0.1) is 17.2 Å². The summed E-state index contributed by atoms with van der Waals surface area (Å²) >= 11 is 0. The van der Waals surface area contributed by atoms with Crippen molar-refractivity contribution in [1.82, 2.24) is 0 Å². The van der Waals surface area contributed by atoms with E-state index in [9.17, 15) is 0 Å². The highest BCUT2D eigenvalue weighted by molar-refractivity contribution is 5.71. The Kier molecular flexibility index (Phi) is 7.06. The zero-order chi connectivity index (χ0) is 15.0. The first kappa shape index (κ1) is 16.5. The van der Waals surface area contributed by atoms with Crippen molar-refractivity contribution in [3.05, 3.63) is 47.8 Å². The van der Waals surface area contributed by atoms with Crippen molar-refractivity contribution in [3.63, 3.8) is 0 Å². The Bertz CT molecular complexity index is 427. The van der Waals surface area contributed by atoms with Crippen molar-refractivity contribution in [2.75, 3.05) is 6.61 Å². The lowest BCUT2D eigenvalue weighted by Gasteiger charge is -2.14. The molecule has 2 nitrogen and oxygen atoms in total. The minimum absolute atomic E-state index is 0.405. The fraction of sp³-hybridized carbons (Fsp3) is 0.500. The van der Waals surface area contributed by atoms with E-state index in [1.165, 1.54) is 18.4 Å². The molecule has 0 amide bonds.